The van der Waals surface area contributed by atoms with Crippen LogP contribution in [0.5, 0.6) is 0 Å². The van der Waals surface area contributed by atoms with E-state index in [1.54, 1.807) is 35.6 Å². The Kier molecular flexibility index (Phi) is 4.21. The second kappa shape index (κ2) is 6.66. The molecule has 1 saturated heterocycles. The highest BCUT2D eigenvalue weighted by Gasteiger charge is 2.18. The second-order valence-electron chi connectivity index (χ2n) is 5.55. The highest BCUT2D eigenvalue weighted by molar-refractivity contribution is 6.31. The summed E-state index contributed by atoms with van der Waals surface area (Å²) in [6.45, 7) is 2.23. The molecular weight excluding hydrogens is 344 g/mol. The van der Waals surface area contributed by atoms with Gasteiger partial charge in [0.15, 0.2) is 5.82 Å². The van der Waals surface area contributed by atoms with Crippen molar-refractivity contribution >= 4 is 34.5 Å². The molecule has 2 N–H and O–H groups in total. The number of halogens is 1. The molecule has 4 rings (SSSR count). The zero-order chi connectivity index (χ0) is 17.2. The first-order chi connectivity index (χ1) is 12.2. The lowest BCUT2D eigenvalue weighted by Gasteiger charge is -2.26. The molecule has 0 atom stereocenters. The summed E-state index contributed by atoms with van der Waals surface area (Å²) in [6.07, 6.45) is 4.95. The summed E-state index contributed by atoms with van der Waals surface area (Å²) in [5, 5.41) is 4.16. The van der Waals surface area contributed by atoms with Gasteiger partial charge in [0.2, 0.25) is 0 Å². The van der Waals surface area contributed by atoms with Gasteiger partial charge in [-0.15, -0.1) is 0 Å². The normalized spacial score (nSPS) is 14.7. The van der Waals surface area contributed by atoms with Gasteiger partial charge in [-0.3, -0.25) is 5.32 Å². The fourth-order valence-corrected chi connectivity index (χ4v) is 2.83. The van der Waals surface area contributed by atoms with Crippen LogP contribution in [0, 0.1) is 0 Å². The number of urea groups is 1. The van der Waals surface area contributed by atoms with E-state index >= 15 is 0 Å². The molecule has 25 heavy (non-hydrogen) atoms. The Balaban J connectivity index is 1.60. The maximum absolute atomic E-state index is 12.3. The van der Waals surface area contributed by atoms with Gasteiger partial charge in [-0.05, 0) is 12.1 Å². The van der Waals surface area contributed by atoms with Crippen molar-refractivity contribution in [3.8, 4) is 11.4 Å². The number of fused-ring (bicyclic) bond motifs is 1. The van der Waals surface area contributed by atoms with Gasteiger partial charge in [0.1, 0.15) is 11.5 Å². The number of rotatable bonds is 2. The van der Waals surface area contributed by atoms with Crippen LogP contribution in [0.2, 0.25) is 5.02 Å². The number of morpholine rings is 1. The van der Waals surface area contributed by atoms with Gasteiger partial charge in [0, 0.05) is 42.6 Å². The van der Waals surface area contributed by atoms with Crippen molar-refractivity contribution in [2.45, 2.75) is 0 Å². The molecule has 3 aromatic rings. The monoisotopic (exact) mass is 358 g/mol. The van der Waals surface area contributed by atoms with Crippen LogP contribution in [-0.4, -0.2) is 57.2 Å². The van der Waals surface area contributed by atoms with Gasteiger partial charge in [-0.2, -0.15) is 0 Å². The third-order valence-electron chi connectivity index (χ3n) is 3.93. The van der Waals surface area contributed by atoms with Crippen LogP contribution in [0.4, 0.5) is 10.6 Å². The summed E-state index contributed by atoms with van der Waals surface area (Å²) >= 11 is 6.03. The molecule has 4 heterocycles. The van der Waals surface area contributed by atoms with Gasteiger partial charge in [-0.25, -0.2) is 19.7 Å². The molecule has 1 aliphatic rings. The van der Waals surface area contributed by atoms with E-state index < -0.39 is 0 Å². The number of hydrogen-bond donors (Lipinski definition) is 2. The van der Waals surface area contributed by atoms with Crippen molar-refractivity contribution in [3.63, 3.8) is 0 Å². The summed E-state index contributed by atoms with van der Waals surface area (Å²) in [5.74, 6) is 0.918. The zero-order valence-corrected chi connectivity index (χ0v) is 14.0. The van der Waals surface area contributed by atoms with E-state index in [4.69, 9.17) is 16.3 Å². The van der Waals surface area contributed by atoms with Crippen LogP contribution in [-0.2, 0) is 4.74 Å². The SMILES string of the molecule is O=C(Nc1ccnc(-c2c[nH]c3ncc(Cl)cc23)n1)N1CCOCC1. The Morgan fingerprint density at radius 1 is 1.32 bits per heavy atom. The van der Waals surface area contributed by atoms with Crippen LogP contribution in [0.15, 0.2) is 30.7 Å². The fraction of sp³-hybridized carbons (Fsp3) is 0.250. The maximum Gasteiger partial charge on any atom is 0.323 e. The average molecular weight is 359 g/mol. The van der Waals surface area contributed by atoms with Crippen LogP contribution in [0.1, 0.15) is 0 Å². The molecule has 0 bridgehead atoms. The lowest BCUT2D eigenvalue weighted by molar-refractivity contribution is 0.0564. The molecule has 0 radical (unpaired) electrons. The molecule has 128 valence electrons. The van der Waals surface area contributed by atoms with Gasteiger partial charge < -0.3 is 14.6 Å². The number of nitrogens with zero attached hydrogens (tertiary/aromatic N) is 4. The Morgan fingerprint density at radius 2 is 2.16 bits per heavy atom. The lowest BCUT2D eigenvalue weighted by Crippen LogP contribution is -2.43. The number of pyridine rings is 1. The molecule has 9 heteroatoms. The van der Waals surface area contributed by atoms with E-state index in [1.807, 2.05) is 0 Å². The van der Waals surface area contributed by atoms with Crippen molar-refractivity contribution in [1.29, 1.82) is 0 Å². The number of hydrogen-bond acceptors (Lipinski definition) is 5. The number of carbonyl (C=O) groups is 1. The van der Waals surface area contributed by atoms with E-state index in [0.29, 0.717) is 48.6 Å². The molecule has 1 aliphatic heterocycles. The zero-order valence-electron chi connectivity index (χ0n) is 13.2. The Bertz CT molecular complexity index is 922. The van der Waals surface area contributed by atoms with Crippen LogP contribution in [0.3, 0.4) is 0 Å². The molecule has 1 fully saturated rings. The van der Waals surface area contributed by atoms with Gasteiger partial charge in [0.25, 0.3) is 0 Å². The minimum Gasteiger partial charge on any atom is -0.378 e. The van der Waals surface area contributed by atoms with Crippen LogP contribution >= 0.6 is 11.6 Å². The topological polar surface area (TPSA) is 96.0 Å². The highest BCUT2D eigenvalue weighted by Crippen LogP contribution is 2.27. The lowest BCUT2D eigenvalue weighted by atomic mass is 10.2. The first-order valence-corrected chi connectivity index (χ1v) is 8.18. The van der Waals surface area contributed by atoms with E-state index in [2.05, 4.69) is 25.3 Å². The number of H-pyrrole nitrogens is 1. The Hall–Kier alpha value is -2.71. The number of aromatic nitrogens is 4. The highest BCUT2D eigenvalue weighted by atomic mass is 35.5. The third-order valence-corrected chi connectivity index (χ3v) is 4.13. The summed E-state index contributed by atoms with van der Waals surface area (Å²) in [6, 6.07) is 3.26. The summed E-state index contributed by atoms with van der Waals surface area (Å²) in [4.78, 5) is 30.0. The molecule has 0 aromatic carbocycles. The molecule has 8 nitrogen and oxygen atoms in total. The van der Waals surface area contributed by atoms with E-state index in [9.17, 15) is 4.79 Å². The average Bonchev–Trinajstić information content (AvgIpc) is 3.05. The number of aromatic amines is 1. The number of nitrogens with one attached hydrogen (secondary N) is 2. The van der Waals surface area contributed by atoms with Gasteiger partial charge in [-0.1, -0.05) is 11.6 Å². The van der Waals surface area contributed by atoms with E-state index in [-0.39, 0.29) is 6.03 Å². The summed E-state index contributed by atoms with van der Waals surface area (Å²) in [7, 11) is 0. The van der Waals surface area contributed by atoms with Crippen molar-refractivity contribution in [2.24, 2.45) is 0 Å². The maximum atomic E-state index is 12.3. The number of anilines is 1. The molecule has 0 unspecified atom stereocenters. The summed E-state index contributed by atoms with van der Waals surface area (Å²) in [5.41, 5.74) is 1.47. The predicted octanol–water partition coefficient (Wildman–Crippen LogP) is 2.54. The molecule has 2 amide bonds. The van der Waals surface area contributed by atoms with E-state index in [0.717, 1.165) is 10.9 Å². The summed E-state index contributed by atoms with van der Waals surface area (Å²) < 4.78 is 5.25. The Labute approximate surface area is 148 Å². The number of amides is 2. The van der Waals surface area contributed by atoms with Crippen LogP contribution in [0.25, 0.3) is 22.4 Å². The Morgan fingerprint density at radius 3 is 3.00 bits per heavy atom. The van der Waals surface area contributed by atoms with Crippen molar-refractivity contribution in [1.82, 2.24) is 24.8 Å². The van der Waals surface area contributed by atoms with Gasteiger partial charge in [0.05, 0.1) is 18.2 Å². The molecular formula is C16H15ClN6O2. The third kappa shape index (κ3) is 3.26. The fourth-order valence-electron chi connectivity index (χ4n) is 2.68. The molecule has 0 saturated carbocycles. The largest absolute Gasteiger partial charge is 0.378 e. The predicted molar refractivity (Wildman–Crippen MR) is 93.5 cm³/mol. The quantitative estimate of drug-likeness (QED) is 0.733. The first-order valence-electron chi connectivity index (χ1n) is 7.80. The molecule has 0 aliphatic carbocycles. The minimum absolute atomic E-state index is 0.198. The van der Waals surface area contributed by atoms with E-state index in [1.165, 1.54) is 0 Å². The first kappa shape index (κ1) is 15.8. The van der Waals surface area contributed by atoms with Crippen molar-refractivity contribution < 1.29 is 9.53 Å². The van der Waals surface area contributed by atoms with Crippen molar-refractivity contribution in [2.75, 3.05) is 31.6 Å². The molecule has 0 spiro atoms. The molecule has 3 aromatic heterocycles. The number of ether oxygens (including phenoxy) is 1. The van der Waals surface area contributed by atoms with Crippen LogP contribution < -0.4 is 5.32 Å². The van der Waals surface area contributed by atoms with Crippen molar-refractivity contribution in [3.05, 3.63) is 35.7 Å². The second-order valence-corrected chi connectivity index (χ2v) is 5.98. The minimum atomic E-state index is -0.198. The van der Waals surface area contributed by atoms with Gasteiger partial charge >= 0.3 is 6.03 Å². The standard InChI is InChI=1S/C16H15ClN6O2/c17-10-7-11-12(9-20-14(11)19-8-10)15-18-2-1-13(21-15)22-16(24)23-3-5-25-6-4-23/h1-2,7-9H,3-6H2,(H,19,20)(H,18,21,22,24). The smallest absolute Gasteiger partial charge is 0.323 e. The number of carbonyl (C=O) groups excluding carboxylic acids is 1.